The van der Waals surface area contributed by atoms with Crippen molar-refractivity contribution in [3.8, 4) is 0 Å². The average molecular weight is 235 g/mol. The van der Waals surface area contributed by atoms with Crippen molar-refractivity contribution in [1.82, 2.24) is 5.32 Å². The Morgan fingerprint density at radius 1 is 1.50 bits per heavy atom. The Morgan fingerprint density at radius 3 is 3.00 bits per heavy atom. The zero-order valence-corrected chi connectivity index (χ0v) is 9.75. The molecule has 1 aromatic carbocycles. The van der Waals surface area contributed by atoms with Gasteiger partial charge in [-0.25, -0.2) is 0 Å². The van der Waals surface area contributed by atoms with Gasteiger partial charge in [0, 0.05) is 21.5 Å². The van der Waals surface area contributed by atoms with Crippen molar-refractivity contribution in [2.75, 3.05) is 6.61 Å². The lowest BCUT2D eigenvalue weighted by Crippen LogP contribution is -2.34. The zero-order chi connectivity index (χ0) is 11.5. The van der Waals surface area contributed by atoms with Gasteiger partial charge in [-0.3, -0.25) is 4.79 Å². The van der Waals surface area contributed by atoms with Gasteiger partial charge in [0.2, 0.25) is 0 Å². The smallest absolute Gasteiger partial charge is 0.253 e. The Morgan fingerprint density at radius 2 is 2.25 bits per heavy atom. The van der Waals surface area contributed by atoms with Gasteiger partial charge in [-0.15, -0.1) is 11.3 Å². The molecule has 0 aliphatic heterocycles. The molecule has 0 bridgehead atoms. The van der Waals surface area contributed by atoms with Crippen LogP contribution in [0.1, 0.15) is 17.3 Å². The summed E-state index contributed by atoms with van der Waals surface area (Å²) in [6, 6.07) is 7.58. The van der Waals surface area contributed by atoms with Crippen LogP contribution in [0, 0.1) is 0 Å². The molecule has 2 rings (SSSR count). The van der Waals surface area contributed by atoms with Gasteiger partial charge < -0.3 is 10.4 Å². The van der Waals surface area contributed by atoms with E-state index < -0.39 is 0 Å². The molecule has 2 aromatic rings. The fourth-order valence-electron chi connectivity index (χ4n) is 1.50. The van der Waals surface area contributed by atoms with Gasteiger partial charge in [0.25, 0.3) is 5.91 Å². The van der Waals surface area contributed by atoms with Gasteiger partial charge in [-0.05, 0) is 13.0 Å². The van der Waals surface area contributed by atoms with Crippen molar-refractivity contribution in [2.45, 2.75) is 13.0 Å². The van der Waals surface area contributed by atoms with Crippen molar-refractivity contribution in [2.24, 2.45) is 0 Å². The van der Waals surface area contributed by atoms with Crippen LogP contribution in [0.25, 0.3) is 10.1 Å². The molecule has 0 aliphatic rings. The minimum absolute atomic E-state index is 0.0478. The molecule has 1 atom stereocenters. The number of carbonyl (C=O) groups is 1. The highest BCUT2D eigenvalue weighted by molar-refractivity contribution is 7.17. The molecule has 1 heterocycles. The van der Waals surface area contributed by atoms with Gasteiger partial charge in [0.05, 0.1) is 12.2 Å². The number of thiophene rings is 1. The molecule has 0 radical (unpaired) electrons. The summed E-state index contributed by atoms with van der Waals surface area (Å²) in [4.78, 5) is 11.9. The lowest BCUT2D eigenvalue weighted by Gasteiger charge is -2.09. The van der Waals surface area contributed by atoms with E-state index in [1.165, 1.54) is 0 Å². The molecular formula is C12H13NO2S. The summed E-state index contributed by atoms with van der Waals surface area (Å²) in [6.07, 6.45) is 0. The molecule has 84 valence electrons. The fourth-order valence-corrected chi connectivity index (χ4v) is 2.44. The van der Waals surface area contributed by atoms with E-state index in [4.69, 9.17) is 5.11 Å². The average Bonchev–Trinajstić information content (AvgIpc) is 2.72. The third-order valence-electron chi connectivity index (χ3n) is 2.38. The largest absolute Gasteiger partial charge is 0.394 e. The highest BCUT2D eigenvalue weighted by Gasteiger charge is 2.13. The molecule has 1 aromatic heterocycles. The molecule has 3 nitrogen and oxygen atoms in total. The Bertz CT molecular complexity index is 506. The SMILES string of the molecule is C[C@H](CO)NC(=O)c1csc2ccccc12. The van der Waals surface area contributed by atoms with Crippen molar-refractivity contribution >= 4 is 27.3 Å². The predicted molar refractivity (Wildman–Crippen MR) is 65.8 cm³/mol. The maximum Gasteiger partial charge on any atom is 0.253 e. The second kappa shape index (κ2) is 4.63. The Hall–Kier alpha value is -1.39. The Labute approximate surface area is 97.7 Å². The quantitative estimate of drug-likeness (QED) is 0.855. The molecule has 0 unspecified atom stereocenters. The van der Waals surface area contributed by atoms with Gasteiger partial charge in [-0.2, -0.15) is 0 Å². The topological polar surface area (TPSA) is 49.3 Å². The summed E-state index contributed by atoms with van der Waals surface area (Å²) >= 11 is 1.55. The standard InChI is InChI=1S/C12H13NO2S/c1-8(6-14)13-12(15)10-7-16-11-5-3-2-4-9(10)11/h2-5,7-8,14H,6H2,1H3,(H,13,15)/t8-/m1/s1. The number of rotatable bonds is 3. The van der Waals surface area contributed by atoms with E-state index in [0.29, 0.717) is 5.56 Å². The summed E-state index contributed by atoms with van der Waals surface area (Å²) in [5.74, 6) is -0.126. The molecule has 4 heteroatoms. The third-order valence-corrected chi connectivity index (χ3v) is 3.34. The van der Waals surface area contributed by atoms with Crippen molar-refractivity contribution < 1.29 is 9.90 Å². The fraction of sp³-hybridized carbons (Fsp3) is 0.250. The summed E-state index contributed by atoms with van der Waals surface area (Å²) in [6.45, 7) is 1.72. The Kier molecular flexibility index (Phi) is 3.22. The van der Waals surface area contributed by atoms with Crippen molar-refractivity contribution in [1.29, 1.82) is 0 Å². The van der Waals surface area contributed by atoms with Gasteiger partial charge in [0.15, 0.2) is 0 Å². The minimum atomic E-state index is -0.217. The lowest BCUT2D eigenvalue weighted by molar-refractivity contribution is 0.0924. The number of benzene rings is 1. The van der Waals surface area contributed by atoms with Gasteiger partial charge >= 0.3 is 0 Å². The molecule has 0 spiro atoms. The zero-order valence-electron chi connectivity index (χ0n) is 8.93. The maximum absolute atomic E-state index is 11.9. The molecule has 0 fully saturated rings. The van der Waals surface area contributed by atoms with Crippen LogP contribution in [0.5, 0.6) is 0 Å². The monoisotopic (exact) mass is 235 g/mol. The first kappa shape index (κ1) is 11.1. The van der Waals surface area contributed by atoms with E-state index in [9.17, 15) is 4.79 Å². The molecule has 1 amide bonds. The first-order valence-electron chi connectivity index (χ1n) is 5.10. The summed E-state index contributed by atoms with van der Waals surface area (Å²) in [5.41, 5.74) is 0.681. The predicted octanol–water partition coefficient (Wildman–Crippen LogP) is 2.01. The first-order chi connectivity index (χ1) is 7.72. The lowest BCUT2D eigenvalue weighted by atomic mass is 10.1. The number of nitrogens with one attached hydrogen (secondary N) is 1. The molecular weight excluding hydrogens is 222 g/mol. The van der Waals surface area contributed by atoms with Crippen LogP contribution in [0.2, 0.25) is 0 Å². The van der Waals surface area contributed by atoms with E-state index in [2.05, 4.69) is 5.32 Å². The molecule has 0 saturated heterocycles. The molecule has 0 saturated carbocycles. The highest BCUT2D eigenvalue weighted by Crippen LogP contribution is 2.25. The van der Waals surface area contributed by atoms with Gasteiger partial charge in [0.1, 0.15) is 0 Å². The second-order valence-electron chi connectivity index (χ2n) is 3.70. The van der Waals surface area contributed by atoms with Gasteiger partial charge in [-0.1, -0.05) is 18.2 Å². The van der Waals surface area contributed by atoms with Crippen LogP contribution in [-0.4, -0.2) is 23.7 Å². The number of hydrogen-bond donors (Lipinski definition) is 2. The van der Waals surface area contributed by atoms with Crippen molar-refractivity contribution in [3.63, 3.8) is 0 Å². The van der Waals surface area contributed by atoms with Crippen LogP contribution >= 0.6 is 11.3 Å². The normalized spacial score (nSPS) is 12.6. The number of amides is 1. The Balaban J connectivity index is 2.30. The van der Waals surface area contributed by atoms with E-state index in [1.807, 2.05) is 29.6 Å². The van der Waals surface area contributed by atoms with Crippen LogP contribution in [0.15, 0.2) is 29.6 Å². The van der Waals surface area contributed by atoms with E-state index >= 15 is 0 Å². The molecule has 2 N–H and O–H groups in total. The van der Waals surface area contributed by atoms with Crippen LogP contribution in [-0.2, 0) is 0 Å². The molecule has 16 heavy (non-hydrogen) atoms. The number of aliphatic hydroxyl groups excluding tert-OH is 1. The number of carbonyl (C=O) groups excluding carboxylic acids is 1. The number of fused-ring (bicyclic) bond motifs is 1. The summed E-state index contributed by atoms with van der Waals surface area (Å²) < 4.78 is 1.10. The van der Waals surface area contributed by atoms with E-state index in [-0.39, 0.29) is 18.6 Å². The summed E-state index contributed by atoms with van der Waals surface area (Å²) in [5, 5.41) is 14.4. The van der Waals surface area contributed by atoms with E-state index in [0.717, 1.165) is 10.1 Å². The third kappa shape index (κ3) is 2.08. The summed E-state index contributed by atoms with van der Waals surface area (Å²) in [7, 11) is 0. The van der Waals surface area contributed by atoms with Crippen molar-refractivity contribution in [3.05, 3.63) is 35.2 Å². The molecule has 0 aliphatic carbocycles. The number of hydrogen-bond acceptors (Lipinski definition) is 3. The first-order valence-corrected chi connectivity index (χ1v) is 5.98. The highest BCUT2D eigenvalue weighted by atomic mass is 32.1. The maximum atomic E-state index is 11.9. The van der Waals surface area contributed by atoms with Crippen LogP contribution < -0.4 is 5.32 Å². The van der Waals surface area contributed by atoms with Crippen LogP contribution in [0.4, 0.5) is 0 Å². The van der Waals surface area contributed by atoms with Crippen LogP contribution in [0.3, 0.4) is 0 Å². The minimum Gasteiger partial charge on any atom is -0.394 e. The van der Waals surface area contributed by atoms with E-state index in [1.54, 1.807) is 18.3 Å². The number of aliphatic hydroxyl groups is 1. The second-order valence-corrected chi connectivity index (χ2v) is 4.61.